The number of nitrogens with one attached hydrogen (secondary N) is 2. The Labute approximate surface area is 252 Å². The molecule has 3 aromatic rings. The van der Waals surface area contributed by atoms with Crippen LogP contribution in [0.4, 0.5) is 10.1 Å². The van der Waals surface area contributed by atoms with Gasteiger partial charge in [0.25, 0.3) is 11.8 Å². The average Bonchev–Trinajstić information content (AvgIpc) is 3.64. The van der Waals surface area contributed by atoms with Crippen molar-refractivity contribution >= 4 is 46.6 Å². The van der Waals surface area contributed by atoms with E-state index in [-0.39, 0.29) is 33.4 Å². The summed E-state index contributed by atoms with van der Waals surface area (Å²) in [4.78, 5) is 46.6. The van der Waals surface area contributed by atoms with Crippen LogP contribution in [-0.4, -0.2) is 83.5 Å². The van der Waals surface area contributed by atoms with Crippen molar-refractivity contribution in [3.8, 4) is 17.0 Å². The number of aromatic nitrogens is 2. The molecule has 0 saturated carbocycles. The number of hydrogen-bond donors (Lipinski definition) is 2. The molecule has 0 aliphatic carbocycles. The van der Waals surface area contributed by atoms with Crippen molar-refractivity contribution in [2.75, 3.05) is 51.7 Å². The molecule has 2 fully saturated rings. The maximum atomic E-state index is 14.5. The topological polar surface area (TPSA) is 109 Å². The van der Waals surface area contributed by atoms with Crippen molar-refractivity contribution < 1.29 is 23.5 Å². The number of imidazole rings is 1. The van der Waals surface area contributed by atoms with Gasteiger partial charge in [-0.2, -0.15) is 0 Å². The Morgan fingerprint density at radius 3 is 2.52 bits per heavy atom. The molecule has 0 unspecified atom stereocenters. The second kappa shape index (κ2) is 12.7. The number of carbonyl (C=O) groups excluding carboxylic acids is 3. The zero-order valence-electron chi connectivity index (χ0n) is 23.3. The summed E-state index contributed by atoms with van der Waals surface area (Å²) in [6.07, 6.45) is 2.98. The van der Waals surface area contributed by atoms with Gasteiger partial charge in [-0.1, -0.05) is 23.2 Å². The van der Waals surface area contributed by atoms with Crippen LogP contribution in [0.3, 0.4) is 0 Å². The van der Waals surface area contributed by atoms with Crippen molar-refractivity contribution in [3.63, 3.8) is 0 Å². The van der Waals surface area contributed by atoms with Gasteiger partial charge in [-0.05, 0) is 55.8 Å². The van der Waals surface area contributed by atoms with Gasteiger partial charge < -0.3 is 29.7 Å². The van der Waals surface area contributed by atoms with Crippen LogP contribution in [0.15, 0.2) is 36.5 Å². The maximum absolute atomic E-state index is 14.5. The van der Waals surface area contributed by atoms with E-state index < -0.39 is 11.7 Å². The van der Waals surface area contributed by atoms with Gasteiger partial charge in [0.1, 0.15) is 0 Å². The van der Waals surface area contributed by atoms with E-state index in [2.05, 4.69) is 15.6 Å². The molecular formula is C29H31Cl2FN6O4. The van der Waals surface area contributed by atoms with Crippen LogP contribution < -0.4 is 15.4 Å². The molecule has 2 aliphatic rings. The lowest BCUT2D eigenvalue weighted by Crippen LogP contribution is -2.51. The number of carbonyl (C=O) groups is 3. The van der Waals surface area contributed by atoms with Crippen LogP contribution >= 0.6 is 23.2 Å². The number of rotatable bonds is 7. The molecule has 2 N–H and O–H groups in total. The van der Waals surface area contributed by atoms with Gasteiger partial charge in [0, 0.05) is 50.9 Å². The molecule has 0 radical (unpaired) electrons. The van der Waals surface area contributed by atoms with E-state index in [1.807, 2.05) is 4.90 Å². The molecule has 5 rings (SSSR count). The van der Waals surface area contributed by atoms with E-state index >= 15 is 0 Å². The quantitative estimate of drug-likeness (QED) is 0.414. The number of amides is 3. The van der Waals surface area contributed by atoms with Crippen LogP contribution in [0, 0.1) is 11.7 Å². The van der Waals surface area contributed by atoms with Crippen molar-refractivity contribution in [1.82, 2.24) is 24.7 Å². The minimum atomic E-state index is -0.708. The number of anilines is 1. The van der Waals surface area contributed by atoms with Gasteiger partial charge in [-0.15, -0.1) is 0 Å². The minimum absolute atomic E-state index is 0.00700. The van der Waals surface area contributed by atoms with E-state index in [1.165, 1.54) is 30.0 Å². The molecule has 2 saturated heterocycles. The molecule has 0 bridgehead atoms. The number of piperazine rings is 1. The van der Waals surface area contributed by atoms with E-state index in [1.54, 1.807) is 30.1 Å². The fourth-order valence-corrected chi connectivity index (χ4v) is 5.82. The lowest BCUT2D eigenvalue weighted by atomic mass is 10.0. The molecule has 3 amide bonds. The summed E-state index contributed by atoms with van der Waals surface area (Å²) in [5.74, 6) is -0.891. The van der Waals surface area contributed by atoms with Crippen LogP contribution in [0.25, 0.3) is 11.3 Å². The first-order valence-corrected chi connectivity index (χ1v) is 14.4. The molecule has 3 heterocycles. The fourth-order valence-electron chi connectivity index (χ4n) is 5.31. The first-order chi connectivity index (χ1) is 20.2. The second-order valence-electron chi connectivity index (χ2n) is 10.4. The van der Waals surface area contributed by atoms with Gasteiger partial charge in [0.2, 0.25) is 5.91 Å². The highest BCUT2D eigenvalue weighted by molar-refractivity contribution is 6.34. The fraction of sp³-hybridized carbons (Fsp3) is 0.379. The van der Waals surface area contributed by atoms with E-state index in [4.69, 9.17) is 27.9 Å². The Bertz CT molecular complexity index is 1520. The molecule has 10 nitrogen and oxygen atoms in total. The largest absolute Gasteiger partial charge is 0.494 e. The van der Waals surface area contributed by atoms with Crippen molar-refractivity contribution in [2.45, 2.75) is 12.8 Å². The Morgan fingerprint density at radius 2 is 1.86 bits per heavy atom. The number of ether oxygens (including phenoxy) is 1. The molecule has 2 aliphatic heterocycles. The summed E-state index contributed by atoms with van der Waals surface area (Å²) in [5, 5.41) is 6.06. The Hall–Kier alpha value is -3.67. The molecule has 1 aromatic heterocycles. The van der Waals surface area contributed by atoms with Gasteiger partial charge in [0.05, 0.1) is 34.6 Å². The lowest BCUT2D eigenvalue weighted by Gasteiger charge is -2.35. The highest BCUT2D eigenvalue weighted by Gasteiger charge is 2.28. The molecule has 13 heteroatoms. The summed E-state index contributed by atoms with van der Waals surface area (Å²) in [7, 11) is 2.96. The molecule has 2 aromatic carbocycles. The van der Waals surface area contributed by atoms with Gasteiger partial charge >= 0.3 is 0 Å². The zero-order valence-corrected chi connectivity index (χ0v) is 24.8. The summed E-state index contributed by atoms with van der Waals surface area (Å²) < 4.78 is 20.9. The van der Waals surface area contributed by atoms with Crippen molar-refractivity contribution in [3.05, 3.63) is 63.8 Å². The van der Waals surface area contributed by atoms with E-state index in [9.17, 15) is 18.8 Å². The molecule has 42 heavy (non-hydrogen) atoms. The third-order valence-corrected chi connectivity index (χ3v) is 8.42. The number of nitrogens with zero attached hydrogens (tertiary/aromatic N) is 4. The summed E-state index contributed by atoms with van der Waals surface area (Å²) >= 11 is 12.7. The molecule has 222 valence electrons. The van der Waals surface area contributed by atoms with Gasteiger partial charge in [-0.25, -0.2) is 9.37 Å². The Balaban J connectivity index is 1.21. The predicted octanol–water partition coefficient (Wildman–Crippen LogP) is 4.08. The summed E-state index contributed by atoms with van der Waals surface area (Å²) in [6, 6.07) is 7.69. The SMILES string of the molecule is COc1ccc(-c2cnc(C(=O)Nc3ccc(C(=O)N4CCN(C(=O)C[C@@H]5CCNC5)CC4)c(Cl)c3)n2C)c(Cl)c1F. The van der Waals surface area contributed by atoms with E-state index in [0.29, 0.717) is 61.0 Å². The summed E-state index contributed by atoms with van der Waals surface area (Å²) in [5.41, 5.74) is 1.47. The molecular weight excluding hydrogens is 586 g/mol. The van der Waals surface area contributed by atoms with Crippen LogP contribution in [0.5, 0.6) is 5.75 Å². The average molecular weight is 618 g/mol. The van der Waals surface area contributed by atoms with Gasteiger partial charge in [0.15, 0.2) is 17.4 Å². The first-order valence-electron chi connectivity index (χ1n) is 13.6. The second-order valence-corrected chi connectivity index (χ2v) is 11.1. The molecule has 1 atom stereocenters. The van der Waals surface area contributed by atoms with E-state index in [0.717, 1.165) is 19.5 Å². The third kappa shape index (κ3) is 6.08. The van der Waals surface area contributed by atoms with Gasteiger partial charge in [-0.3, -0.25) is 14.4 Å². The summed E-state index contributed by atoms with van der Waals surface area (Å²) in [6.45, 7) is 3.64. The zero-order chi connectivity index (χ0) is 30.0. The van der Waals surface area contributed by atoms with Crippen LogP contribution in [0.2, 0.25) is 10.0 Å². The number of hydrogen-bond acceptors (Lipinski definition) is 6. The number of halogens is 3. The Kier molecular flexibility index (Phi) is 9.00. The monoisotopic (exact) mass is 616 g/mol. The smallest absolute Gasteiger partial charge is 0.291 e. The number of benzene rings is 2. The third-order valence-electron chi connectivity index (χ3n) is 7.74. The highest BCUT2D eigenvalue weighted by atomic mass is 35.5. The standard InChI is InChI=1S/C29H31Cl2FN6O4/c1-36-22(20-5-6-23(42-2)26(32)25(20)31)16-34-27(36)28(40)35-18-3-4-19(21(30)14-18)29(41)38-11-9-37(10-12-38)24(39)13-17-7-8-33-15-17/h3-6,14,16-17,33H,7-13,15H2,1-2H3,(H,35,40)/t17-/m0/s1. The normalized spacial score (nSPS) is 16.9. The van der Waals surface area contributed by atoms with Crippen molar-refractivity contribution in [2.24, 2.45) is 13.0 Å². The lowest BCUT2D eigenvalue weighted by molar-refractivity contribution is -0.133. The van der Waals surface area contributed by atoms with Crippen LogP contribution in [-0.2, 0) is 11.8 Å². The predicted molar refractivity (Wildman–Crippen MR) is 158 cm³/mol. The maximum Gasteiger partial charge on any atom is 0.291 e. The number of methoxy groups -OCH3 is 1. The van der Waals surface area contributed by atoms with Crippen LogP contribution in [0.1, 0.15) is 33.8 Å². The Morgan fingerprint density at radius 1 is 1.12 bits per heavy atom. The minimum Gasteiger partial charge on any atom is -0.494 e. The highest BCUT2D eigenvalue weighted by Crippen LogP contribution is 2.35. The van der Waals surface area contributed by atoms with Crippen molar-refractivity contribution in [1.29, 1.82) is 0 Å². The molecule has 0 spiro atoms. The first kappa shape index (κ1) is 29.8.